The van der Waals surface area contributed by atoms with Gasteiger partial charge in [-0.3, -0.25) is 19.7 Å². The molecular weight excluding hydrogens is 470 g/mol. The number of thiophene rings is 1. The van der Waals surface area contributed by atoms with Crippen LogP contribution in [0.4, 0.5) is 5.69 Å². The van der Waals surface area contributed by atoms with E-state index in [1.807, 2.05) is 29.6 Å². The van der Waals surface area contributed by atoms with E-state index in [1.54, 1.807) is 11.0 Å². The molecule has 0 spiro atoms. The summed E-state index contributed by atoms with van der Waals surface area (Å²) in [5.74, 6) is 0.530. The van der Waals surface area contributed by atoms with Crippen molar-refractivity contribution in [3.63, 3.8) is 0 Å². The Morgan fingerprint density at radius 3 is 2.63 bits per heavy atom. The van der Waals surface area contributed by atoms with Crippen LogP contribution in [-0.4, -0.2) is 46.4 Å². The van der Waals surface area contributed by atoms with E-state index in [0.29, 0.717) is 24.6 Å². The average molecular weight is 494 g/mol. The van der Waals surface area contributed by atoms with Crippen molar-refractivity contribution >= 4 is 28.8 Å². The van der Waals surface area contributed by atoms with E-state index >= 15 is 0 Å². The molecule has 4 rings (SSSR count). The van der Waals surface area contributed by atoms with Gasteiger partial charge in [0.15, 0.2) is 11.5 Å². The zero-order valence-corrected chi connectivity index (χ0v) is 19.6. The van der Waals surface area contributed by atoms with Crippen LogP contribution in [0.15, 0.2) is 72.6 Å². The van der Waals surface area contributed by atoms with Crippen LogP contribution in [0.2, 0.25) is 0 Å². The van der Waals surface area contributed by atoms with Crippen molar-refractivity contribution in [3.8, 4) is 11.5 Å². The lowest BCUT2D eigenvalue weighted by Crippen LogP contribution is -2.42. The molecule has 0 unspecified atom stereocenters. The first-order chi connectivity index (χ1) is 16.9. The highest BCUT2D eigenvalue weighted by atomic mass is 32.1. The Labute approximate surface area is 205 Å². The number of non-ortho nitro benzene ring substituents is 1. The molecule has 0 atom stereocenters. The van der Waals surface area contributed by atoms with Gasteiger partial charge in [-0.25, -0.2) is 0 Å². The predicted octanol–water partition coefficient (Wildman–Crippen LogP) is 4.24. The average Bonchev–Trinajstić information content (AvgIpc) is 3.54. The zero-order valence-electron chi connectivity index (χ0n) is 18.8. The molecule has 1 aliphatic rings. The highest BCUT2D eigenvalue weighted by molar-refractivity contribution is 7.09. The smallest absolute Gasteiger partial charge is 0.270 e. The summed E-state index contributed by atoms with van der Waals surface area (Å²) < 4.78 is 10.8. The Hall–Kier alpha value is -4.18. The number of fused-ring (bicyclic) bond motifs is 1. The summed E-state index contributed by atoms with van der Waals surface area (Å²) in [6, 6.07) is 14.8. The van der Waals surface area contributed by atoms with Crippen molar-refractivity contribution in [2.75, 3.05) is 19.9 Å². The van der Waals surface area contributed by atoms with Gasteiger partial charge in [-0.2, -0.15) is 0 Å². The van der Waals surface area contributed by atoms with Crippen molar-refractivity contribution in [2.24, 2.45) is 0 Å². The summed E-state index contributed by atoms with van der Waals surface area (Å²) in [7, 11) is 0. The number of benzene rings is 2. The minimum atomic E-state index is -0.562. The number of hydrogen-bond acceptors (Lipinski definition) is 7. The molecule has 1 aliphatic heterocycles. The second-order valence-corrected chi connectivity index (χ2v) is 8.83. The molecule has 10 heteroatoms. The SMILES string of the molecule is C=CCN(CC(=O)N(Cc1ccc2c(c1)OCO2)Cc1cccs1)C(=O)c1cccc([N+](=O)[O-])c1. The number of nitro benzene ring substituents is 1. The molecule has 1 aromatic heterocycles. The lowest BCUT2D eigenvalue weighted by atomic mass is 10.1. The third-order valence-electron chi connectivity index (χ3n) is 5.36. The third kappa shape index (κ3) is 5.85. The maximum atomic E-state index is 13.4. The summed E-state index contributed by atoms with van der Waals surface area (Å²) in [5, 5.41) is 13.1. The van der Waals surface area contributed by atoms with E-state index in [1.165, 1.54) is 46.6 Å². The highest BCUT2D eigenvalue weighted by Crippen LogP contribution is 2.33. The molecule has 0 bridgehead atoms. The Kier molecular flexibility index (Phi) is 7.41. The first kappa shape index (κ1) is 24.0. The zero-order chi connectivity index (χ0) is 24.8. The third-order valence-corrected chi connectivity index (χ3v) is 6.22. The number of hydrogen-bond donors (Lipinski definition) is 0. The second-order valence-electron chi connectivity index (χ2n) is 7.80. The molecule has 35 heavy (non-hydrogen) atoms. The van der Waals surface area contributed by atoms with Crippen molar-refractivity contribution in [2.45, 2.75) is 13.1 Å². The second kappa shape index (κ2) is 10.8. The van der Waals surface area contributed by atoms with Crippen LogP contribution in [0.25, 0.3) is 0 Å². The quantitative estimate of drug-likeness (QED) is 0.238. The predicted molar refractivity (Wildman–Crippen MR) is 130 cm³/mol. The highest BCUT2D eigenvalue weighted by Gasteiger charge is 2.24. The van der Waals surface area contributed by atoms with Crippen molar-refractivity contribution in [1.29, 1.82) is 0 Å². The van der Waals surface area contributed by atoms with Crippen LogP contribution in [0.3, 0.4) is 0 Å². The maximum Gasteiger partial charge on any atom is 0.270 e. The number of nitro groups is 1. The lowest BCUT2D eigenvalue weighted by Gasteiger charge is -2.27. The van der Waals surface area contributed by atoms with Gasteiger partial charge < -0.3 is 19.3 Å². The maximum absolute atomic E-state index is 13.4. The van der Waals surface area contributed by atoms with Crippen LogP contribution in [0.5, 0.6) is 11.5 Å². The van der Waals surface area contributed by atoms with E-state index in [0.717, 1.165) is 10.4 Å². The minimum Gasteiger partial charge on any atom is -0.454 e. The molecule has 0 saturated heterocycles. The lowest BCUT2D eigenvalue weighted by molar-refractivity contribution is -0.384. The number of rotatable bonds is 10. The van der Waals surface area contributed by atoms with Gasteiger partial charge in [-0.05, 0) is 35.2 Å². The molecule has 2 heterocycles. The monoisotopic (exact) mass is 493 g/mol. The fourth-order valence-electron chi connectivity index (χ4n) is 3.66. The van der Waals surface area contributed by atoms with Gasteiger partial charge in [0.25, 0.3) is 11.6 Å². The molecule has 0 aliphatic carbocycles. The Balaban J connectivity index is 1.54. The fraction of sp³-hybridized carbons (Fsp3) is 0.200. The molecule has 0 radical (unpaired) electrons. The first-order valence-corrected chi connectivity index (χ1v) is 11.7. The summed E-state index contributed by atoms with van der Waals surface area (Å²) in [5.41, 5.74) is 0.803. The molecule has 3 aromatic rings. The van der Waals surface area contributed by atoms with Gasteiger partial charge in [0.2, 0.25) is 12.7 Å². The standard InChI is InChI=1S/C25H23N3O6S/c1-2-10-26(25(30)19-5-3-6-20(13-19)28(31)32)16-24(29)27(15-21-7-4-11-35-21)14-18-8-9-22-23(12-18)34-17-33-22/h2-9,11-13H,1,10,14-17H2. The van der Waals surface area contributed by atoms with Crippen LogP contribution < -0.4 is 9.47 Å². The topological polar surface area (TPSA) is 102 Å². The number of carbonyl (C=O) groups excluding carboxylic acids is 2. The van der Waals surface area contributed by atoms with Crippen LogP contribution >= 0.6 is 11.3 Å². The van der Waals surface area contributed by atoms with Crippen molar-refractivity contribution < 1.29 is 24.0 Å². The van der Waals surface area contributed by atoms with Gasteiger partial charge in [-0.15, -0.1) is 17.9 Å². The summed E-state index contributed by atoms with van der Waals surface area (Å²) in [6.45, 7) is 4.43. The van der Waals surface area contributed by atoms with E-state index in [-0.39, 0.29) is 37.0 Å². The van der Waals surface area contributed by atoms with Crippen molar-refractivity contribution in [1.82, 2.24) is 9.80 Å². The number of nitrogens with zero attached hydrogens (tertiary/aromatic N) is 3. The molecule has 0 N–H and O–H groups in total. The van der Waals surface area contributed by atoms with E-state index in [4.69, 9.17) is 9.47 Å². The normalized spacial score (nSPS) is 11.7. The van der Waals surface area contributed by atoms with E-state index in [2.05, 4.69) is 6.58 Å². The van der Waals surface area contributed by atoms with Gasteiger partial charge in [0.1, 0.15) is 6.54 Å². The summed E-state index contributed by atoms with van der Waals surface area (Å²) in [6.07, 6.45) is 1.52. The molecule has 9 nitrogen and oxygen atoms in total. The number of carbonyl (C=O) groups is 2. The number of amides is 2. The van der Waals surface area contributed by atoms with E-state index in [9.17, 15) is 19.7 Å². The van der Waals surface area contributed by atoms with Crippen molar-refractivity contribution in [3.05, 3.63) is 98.8 Å². The molecule has 0 saturated carbocycles. The van der Waals surface area contributed by atoms with Gasteiger partial charge >= 0.3 is 0 Å². The summed E-state index contributed by atoms with van der Waals surface area (Å²) in [4.78, 5) is 41.1. The van der Waals surface area contributed by atoms with Crippen LogP contribution in [-0.2, 0) is 17.9 Å². The Bertz CT molecular complexity index is 1240. The number of ether oxygens (including phenoxy) is 2. The molecule has 2 amide bonds. The first-order valence-electron chi connectivity index (χ1n) is 10.8. The molecule has 2 aromatic carbocycles. The van der Waals surface area contributed by atoms with Gasteiger partial charge in [0.05, 0.1) is 11.5 Å². The summed E-state index contributed by atoms with van der Waals surface area (Å²) >= 11 is 1.54. The molecule has 0 fully saturated rings. The Morgan fingerprint density at radius 1 is 1.06 bits per heavy atom. The van der Waals surface area contributed by atoms with E-state index < -0.39 is 10.8 Å². The molecular formula is C25H23N3O6S. The van der Waals surface area contributed by atoms with Crippen LogP contribution in [0, 0.1) is 10.1 Å². The van der Waals surface area contributed by atoms with Crippen LogP contribution in [0.1, 0.15) is 20.8 Å². The van der Waals surface area contributed by atoms with Gasteiger partial charge in [0, 0.05) is 35.7 Å². The minimum absolute atomic E-state index is 0.115. The molecule has 180 valence electrons. The fourth-order valence-corrected chi connectivity index (χ4v) is 4.38. The van der Waals surface area contributed by atoms with Gasteiger partial charge in [-0.1, -0.05) is 24.3 Å². The Morgan fingerprint density at radius 2 is 1.89 bits per heavy atom. The largest absolute Gasteiger partial charge is 0.454 e.